The number of hydrogen-bond acceptors (Lipinski definition) is 3. The topological polar surface area (TPSA) is 38.9 Å². The van der Waals surface area contributed by atoms with E-state index in [9.17, 15) is 0 Å². The zero-order chi connectivity index (χ0) is 9.42. The fourth-order valence-electron chi connectivity index (χ4n) is 1.45. The Balaban J connectivity index is 2.09. The third-order valence-corrected chi connectivity index (χ3v) is 2.94. The van der Waals surface area contributed by atoms with Gasteiger partial charge in [-0.25, -0.2) is 0 Å². The summed E-state index contributed by atoms with van der Waals surface area (Å²) in [6.07, 6.45) is 2.28. The average molecular weight is 180 g/mol. The Morgan fingerprint density at radius 3 is 2.85 bits per heavy atom. The second kappa shape index (κ2) is 3.13. The van der Waals surface area contributed by atoms with Crippen LogP contribution in [0.2, 0.25) is 0 Å². The van der Waals surface area contributed by atoms with Crippen LogP contribution in [0.25, 0.3) is 0 Å². The Morgan fingerprint density at radius 2 is 2.31 bits per heavy atom. The monoisotopic (exact) mass is 180 g/mol. The number of aromatic nitrogens is 2. The van der Waals surface area contributed by atoms with Gasteiger partial charge in [0.05, 0.1) is 0 Å². The lowest BCUT2D eigenvalue weighted by Crippen LogP contribution is -1.94. The maximum atomic E-state index is 5.22. The van der Waals surface area contributed by atoms with Crippen molar-refractivity contribution in [3.05, 3.63) is 11.7 Å². The molecule has 3 unspecified atom stereocenters. The van der Waals surface area contributed by atoms with Crippen LogP contribution in [0.15, 0.2) is 4.52 Å². The van der Waals surface area contributed by atoms with Crippen LogP contribution < -0.4 is 0 Å². The van der Waals surface area contributed by atoms with Crippen LogP contribution in [-0.2, 0) is 0 Å². The van der Waals surface area contributed by atoms with Gasteiger partial charge in [-0.3, -0.25) is 0 Å². The van der Waals surface area contributed by atoms with Gasteiger partial charge in [0, 0.05) is 11.8 Å². The fourth-order valence-corrected chi connectivity index (χ4v) is 1.45. The van der Waals surface area contributed by atoms with Crippen LogP contribution in [0.3, 0.4) is 0 Å². The molecular weight excluding hydrogens is 164 g/mol. The van der Waals surface area contributed by atoms with E-state index < -0.39 is 0 Å². The van der Waals surface area contributed by atoms with Crippen molar-refractivity contribution in [1.29, 1.82) is 0 Å². The van der Waals surface area contributed by atoms with Crippen LogP contribution in [0, 0.1) is 5.92 Å². The summed E-state index contributed by atoms with van der Waals surface area (Å²) in [6, 6.07) is 0. The number of nitrogens with zero attached hydrogens (tertiary/aromatic N) is 2. The van der Waals surface area contributed by atoms with Gasteiger partial charge in [0.15, 0.2) is 5.82 Å². The molecule has 0 aliphatic heterocycles. The van der Waals surface area contributed by atoms with E-state index in [1.807, 2.05) is 0 Å². The molecule has 0 bridgehead atoms. The van der Waals surface area contributed by atoms with E-state index in [4.69, 9.17) is 4.52 Å². The molecule has 3 heteroatoms. The first-order valence-electron chi connectivity index (χ1n) is 5.05. The summed E-state index contributed by atoms with van der Waals surface area (Å²) in [7, 11) is 0. The van der Waals surface area contributed by atoms with Crippen LogP contribution in [0.5, 0.6) is 0 Å². The van der Waals surface area contributed by atoms with Gasteiger partial charge in [-0.2, -0.15) is 4.98 Å². The van der Waals surface area contributed by atoms with Gasteiger partial charge in [0.2, 0.25) is 5.89 Å². The zero-order valence-electron chi connectivity index (χ0n) is 8.45. The molecular formula is C10H16N2O. The minimum atomic E-state index is 0.423. The van der Waals surface area contributed by atoms with Crippen molar-refractivity contribution in [3.8, 4) is 0 Å². The fraction of sp³-hybridized carbons (Fsp3) is 0.800. The van der Waals surface area contributed by atoms with Crippen LogP contribution >= 0.6 is 0 Å². The lowest BCUT2D eigenvalue weighted by Gasteiger charge is -1.98. The highest BCUT2D eigenvalue weighted by Gasteiger charge is 2.39. The van der Waals surface area contributed by atoms with E-state index in [1.165, 1.54) is 6.42 Å². The molecule has 72 valence electrons. The molecule has 1 aromatic heterocycles. The third-order valence-electron chi connectivity index (χ3n) is 2.94. The molecule has 1 fully saturated rings. The van der Waals surface area contributed by atoms with Crippen LogP contribution in [-0.4, -0.2) is 10.1 Å². The molecule has 0 aromatic carbocycles. The molecule has 2 rings (SSSR count). The molecule has 1 heterocycles. The number of hydrogen-bond donors (Lipinski definition) is 0. The van der Waals surface area contributed by atoms with Gasteiger partial charge in [-0.05, 0) is 18.8 Å². The summed E-state index contributed by atoms with van der Waals surface area (Å²) < 4.78 is 5.22. The van der Waals surface area contributed by atoms with E-state index in [1.54, 1.807) is 0 Å². The van der Waals surface area contributed by atoms with Crippen molar-refractivity contribution < 1.29 is 4.52 Å². The second-order valence-electron chi connectivity index (χ2n) is 4.12. The molecule has 3 nitrogen and oxygen atoms in total. The first kappa shape index (κ1) is 8.73. The van der Waals surface area contributed by atoms with E-state index in [-0.39, 0.29) is 0 Å². The highest BCUT2D eigenvalue weighted by Crippen LogP contribution is 2.46. The maximum absolute atomic E-state index is 5.22. The molecule has 13 heavy (non-hydrogen) atoms. The van der Waals surface area contributed by atoms with Crippen LogP contribution in [0.1, 0.15) is 57.2 Å². The standard InChI is InChI=1S/C10H16N2O/c1-4-6(2)9-11-10(13-12-9)8-5-7(8)3/h6-8H,4-5H2,1-3H3. The maximum Gasteiger partial charge on any atom is 0.230 e. The highest BCUT2D eigenvalue weighted by molar-refractivity contribution is 5.07. The highest BCUT2D eigenvalue weighted by atomic mass is 16.5. The molecule has 0 saturated heterocycles. The summed E-state index contributed by atoms with van der Waals surface area (Å²) in [5, 5.41) is 4.00. The van der Waals surface area contributed by atoms with E-state index in [0.29, 0.717) is 11.8 Å². The van der Waals surface area contributed by atoms with E-state index >= 15 is 0 Å². The lowest BCUT2D eigenvalue weighted by molar-refractivity contribution is 0.368. The first-order valence-corrected chi connectivity index (χ1v) is 5.05. The Morgan fingerprint density at radius 1 is 1.62 bits per heavy atom. The lowest BCUT2D eigenvalue weighted by atomic mass is 10.1. The summed E-state index contributed by atoms with van der Waals surface area (Å²) in [6.45, 7) is 6.49. The molecule has 0 spiro atoms. The molecule has 1 aliphatic rings. The van der Waals surface area contributed by atoms with Gasteiger partial charge in [0.1, 0.15) is 0 Å². The van der Waals surface area contributed by atoms with E-state index in [0.717, 1.165) is 24.1 Å². The summed E-state index contributed by atoms with van der Waals surface area (Å²) in [4.78, 5) is 4.42. The Kier molecular flexibility index (Phi) is 2.10. The van der Waals surface area contributed by atoms with Crippen LogP contribution in [0.4, 0.5) is 0 Å². The third kappa shape index (κ3) is 1.60. The quantitative estimate of drug-likeness (QED) is 0.717. The molecule has 1 aromatic rings. The zero-order valence-corrected chi connectivity index (χ0v) is 8.45. The largest absolute Gasteiger partial charge is 0.339 e. The SMILES string of the molecule is CCC(C)c1noc(C2CC2C)n1. The van der Waals surface area contributed by atoms with Gasteiger partial charge < -0.3 is 4.52 Å². The Bertz CT molecular complexity index is 276. The summed E-state index contributed by atoms with van der Waals surface area (Å²) in [5.41, 5.74) is 0. The predicted octanol–water partition coefficient (Wildman–Crippen LogP) is 2.71. The molecule has 0 radical (unpaired) electrons. The van der Waals surface area contributed by atoms with Gasteiger partial charge >= 0.3 is 0 Å². The molecule has 3 atom stereocenters. The predicted molar refractivity (Wildman–Crippen MR) is 49.5 cm³/mol. The van der Waals surface area contributed by atoms with Crippen molar-refractivity contribution in [2.75, 3.05) is 0 Å². The van der Waals surface area contributed by atoms with Gasteiger partial charge in [0.25, 0.3) is 0 Å². The molecule has 0 amide bonds. The summed E-state index contributed by atoms with van der Waals surface area (Å²) in [5.74, 6) is 3.43. The van der Waals surface area contributed by atoms with Gasteiger partial charge in [-0.1, -0.05) is 25.9 Å². The number of rotatable bonds is 3. The minimum Gasteiger partial charge on any atom is -0.339 e. The first-order chi connectivity index (χ1) is 6.22. The molecule has 1 saturated carbocycles. The molecule has 1 aliphatic carbocycles. The Labute approximate surface area is 78.5 Å². The Hall–Kier alpha value is -0.860. The average Bonchev–Trinajstić information content (AvgIpc) is 2.70. The molecule has 0 N–H and O–H groups in total. The van der Waals surface area contributed by atoms with Crippen molar-refractivity contribution in [2.24, 2.45) is 5.92 Å². The smallest absolute Gasteiger partial charge is 0.230 e. The second-order valence-corrected chi connectivity index (χ2v) is 4.12. The van der Waals surface area contributed by atoms with Crippen molar-refractivity contribution in [3.63, 3.8) is 0 Å². The van der Waals surface area contributed by atoms with Crippen molar-refractivity contribution in [1.82, 2.24) is 10.1 Å². The van der Waals surface area contributed by atoms with Crippen molar-refractivity contribution >= 4 is 0 Å². The van der Waals surface area contributed by atoms with Gasteiger partial charge in [-0.15, -0.1) is 0 Å². The van der Waals surface area contributed by atoms with Crippen molar-refractivity contribution in [2.45, 2.75) is 45.4 Å². The normalized spacial score (nSPS) is 28.8. The van der Waals surface area contributed by atoms with E-state index in [2.05, 4.69) is 30.9 Å². The minimum absolute atomic E-state index is 0.423. The summed E-state index contributed by atoms with van der Waals surface area (Å²) >= 11 is 0.